The third-order valence-corrected chi connectivity index (χ3v) is 8.46. The number of carbonyl (C=O) groups excluding carboxylic acids is 2. The molecule has 1 saturated heterocycles. The van der Waals surface area contributed by atoms with Crippen molar-refractivity contribution in [1.82, 2.24) is 0 Å². The molecule has 176 valence electrons. The second-order valence-electron chi connectivity index (χ2n) is 11.6. The molecule has 0 amide bonds. The van der Waals surface area contributed by atoms with Crippen LogP contribution in [-0.2, 0) is 19.1 Å². The molecule has 3 rings (SSSR count). The first kappa shape index (κ1) is 24.3. The summed E-state index contributed by atoms with van der Waals surface area (Å²) in [5.41, 5.74) is 1.03. The van der Waals surface area contributed by atoms with E-state index in [1.165, 1.54) is 12.0 Å². The normalized spacial score (nSPS) is 38.7. The zero-order valence-electron chi connectivity index (χ0n) is 20.8. The SMILES string of the molecule is CCC(C)(C)C(=O)O[C@H]1C[C@@H](C)C[C@@H]2C(C)=C[C@H](C)[C@H](CC[C@@H]3C[C@@H](C)CC(=O)O3)[C@@H]12. The minimum Gasteiger partial charge on any atom is -0.462 e. The number of cyclic esters (lactones) is 1. The van der Waals surface area contributed by atoms with Crippen molar-refractivity contribution in [2.75, 3.05) is 0 Å². The number of fused-ring (bicyclic) bond motifs is 1. The first-order valence-electron chi connectivity index (χ1n) is 12.6. The van der Waals surface area contributed by atoms with E-state index in [1.807, 2.05) is 13.8 Å². The van der Waals surface area contributed by atoms with Crippen LogP contribution in [0.4, 0.5) is 0 Å². The van der Waals surface area contributed by atoms with Gasteiger partial charge in [-0.1, -0.05) is 39.3 Å². The fourth-order valence-corrected chi connectivity index (χ4v) is 6.25. The molecule has 4 nitrogen and oxygen atoms in total. The maximum atomic E-state index is 13.0. The molecule has 0 spiro atoms. The highest BCUT2D eigenvalue weighted by molar-refractivity contribution is 5.76. The largest absolute Gasteiger partial charge is 0.462 e. The Morgan fingerprint density at radius 2 is 1.84 bits per heavy atom. The Labute approximate surface area is 189 Å². The minimum absolute atomic E-state index is 0.0176. The van der Waals surface area contributed by atoms with E-state index in [0.717, 1.165) is 32.1 Å². The summed E-state index contributed by atoms with van der Waals surface area (Å²) in [5.74, 6) is 2.62. The fraction of sp³-hybridized carbons (Fsp3) is 0.852. The molecule has 0 aromatic rings. The summed E-state index contributed by atoms with van der Waals surface area (Å²) in [6.45, 7) is 15.1. The molecule has 0 bridgehead atoms. The van der Waals surface area contributed by atoms with E-state index in [9.17, 15) is 9.59 Å². The second-order valence-corrected chi connectivity index (χ2v) is 11.6. The van der Waals surface area contributed by atoms with Gasteiger partial charge < -0.3 is 9.47 Å². The first-order valence-corrected chi connectivity index (χ1v) is 12.6. The van der Waals surface area contributed by atoms with E-state index < -0.39 is 5.41 Å². The van der Waals surface area contributed by atoms with Crippen molar-refractivity contribution in [3.05, 3.63) is 11.6 Å². The Bertz CT molecular complexity index is 693. The Hall–Kier alpha value is -1.32. The van der Waals surface area contributed by atoms with Gasteiger partial charge in [-0.3, -0.25) is 9.59 Å². The molecular weight excluding hydrogens is 388 g/mol. The van der Waals surface area contributed by atoms with Gasteiger partial charge in [0.05, 0.1) is 5.41 Å². The van der Waals surface area contributed by atoms with Crippen molar-refractivity contribution >= 4 is 11.9 Å². The second kappa shape index (κ2) is 9.67. The Kier molecular flexibility index (Phi) is 7.58. The smallest absolute Gasteiger partial charge is 0.311 e. The van der Waals surface area contributed by atoms with Crippen molar-refractivity contribution in [2.24, 2.45) is 40.9 Å². The fourth-order valence-electron chi connectivity index (χ4n) is 6.25. The number of hydrogen-bond acceptors (Lipinski definition) is 4. The molecule has 0 radical (unpaired) electrons. The third kappa shape index (κ3) is 5.54. The maximum Gasteiger partial charge on any atom is 0.311 e. The van der Waals surface area contributed by atoms with Gasteiger partial charge in [0.15, 0.2) is 0 Å². The topological polar surface area (TPSA) is 52.6 Å². The lowest BCUT2D eigenvalue weighted by atomic mass is 9.58. The van der Waals surface area contributed by atoms with E-state index in [-0.39, 0.29) is 24.1 Å². The van der Waals surface area contributed by atoms with Crippen LogP contribution in [0.1, 0.15) is 93.4 Å². The van der Waals surface area contributed by atoms with Gasteiger partial charge in [0.25, 0.3) is 0 Å². The average Bonchev–Trinajstić information content (AvgIpc) is 2.67. The van der Waals surface area contributed by atoms with E-state index in [2.05, 4.69) is 40.7 Å². The number of hydrogen-bond donors (Lipinski definition) is 0. The molecule has 31 heavy (non-hydrogen) atoms. The van der Waals surface area contributed by atoms with Crippen LogP contribution < -0.4 is 0 Å². The average molecular weight is 433 g/mol. The predicted molar refractivity (Wildman–Crippen MR) is 123 cm³/mol. The van der Waals surface area contributed by atoms with E-state index in [1.54, 1.807) is 0 Å². The Morgan fingerprint density at radius 3 is 2.48 bits per heavy atom. The first-order chi connectivity index (χ1) is 14.5. The standard InChI is InChI=1S/C27H44O4/c1-8-27(6,7)26(29)31-23-13-17(3)12-22-19(5)15-18(4)21(25(22)23)10-9-20-11-16(2)14-24(28)30-20/h15-18,20-23,25H,8-14H2,1-7H3/t16-,17+,18+,20-,21+,22-,23+,25-/m1/s1. The molecule has 0 aromatic carbocycles. The maximum absolute atomic E-state index is 13.0. The van der Waals surface area contributed by atoms with Gasteiger partial charge in [-0.25, -0.2) is 0 Å². The number of carbonyl (C=O) groups is 2. The van der Waals surface area contributed by atoms with E-state index in [0.29, 0.717) is 41.9 Å². The summed E-state index contributed by atoms with van der Waals surface area (Å²) in [7, 11) is 0. The quantitative estimate of drug-likeness (QED) is 0.363. The molecule has 2 fully saturated rings. The molecule has 3 aliphatic rings. The lowest BCUT2D eigenvalue weighted by Gasteiger charge is -2.49. The van der Waals surface area contributed by atoms with Gasteiger partial charge >= 0.3 is 11.9 Å². The summed E-state index contributed by atoms with van der Waals surface area (Å²) >= 11 is 0. The molecule has 1 heterocycles. The highest BCUT2D eigenvalue weighted by atomic mass is 16.5. The van der Waals surface area contributed by atoms with Crippen molar-refractivity contribution in [2.45, 2.75) is 106 Å². The van der Waals surface area contributed by atoms with E-state index >= 15 is 0 Å². The highest BCUT2D eigenvalue weighted by Gasteiger charge is 2.47. The van der Waals surface area contributed by atoms with Crippen LogP contribution in [0.15, 0.2) is 11.6 Å². The number of allylic oxidation sites excluding steroid dienone is 2. The van der Waals surface area contributed by atoms with Crippen LogP contribution >= 0.6 is 0 Å². The molecule has 0 aromatic heterocycles. The van der Waals surface area contributed by atoms with Gasteiger partial charge in [0, 0.05) is 12.3 Å². The van der Waals surface area contributed by atoms with Crippen LogP contribution in [0.25, 0.3) is 0 Å². The molecule has 0 N–H and O–H groups in total. The van der Waals surface area contributed by atoms with Crippen LogP contribution in [0, 0.1) is 40.9 Å². The van der Waals surface area contributed by atoms with Crippen molar-refractivity contribution in [3.63, 3.8) is 0 Å². The van der Waals surface area contributed by atoms with Crippen LogP contribution in [0.3, 0.4) is 0 Å². The van der Waals surface area contributed by atoms with Gasteiger partial charge in [0.2, 0.25) is 0 Å². The lowest BCUT2D eigenvalue weighted by molar-refractivity contribution is -0.171. The Morgan fingerprint density at radius 1 is 1.13 bits per heavy atom. The zero-order valence-corrected chi connectivity index (χ0v) is 20.8. The van der Waals surface area contributed by atoms with Crippen molar-refractivity contribution in [1.29, 1.82) is 0 Å². The summed E-state index contributed by atoms with van der Waals surface area (Å²) in [5, 5.41) is 0. The minimum atomic E-state index is -0.441. The molecule has 4 heteroatoms. The summed E-state index contributed by atoms with van der Waals surface area (Å²) in [4.78, 5) is 24.9. The van der Waals surface area contributed by atoms with Gasteiger partial charge in [-0.15, -0.1) is 0 Å². The molecule has 8 atom stereocenters. The third-order valence-electron chi connectivity index (χ3n) is 8.46. The van der Waals surface area contributed by atoms with Crippen LogP contribution in [-0.4, -0.2) is 24.1 Å². The number of rotatable bonds is 6. The van der Waals surface area contributed by atoms with Gasteiger partial charge in [-0.2, -0.15) is 0 Å². The predicted octanol–water partition coefficient (Wildman–Crippen LogP) is 6.33. The van der Waals surface area contributed by atoms with Crippen molar-refractivity contribution < 1.29 is 19.1 Å². The van der Waals surface area contributed by atoms with Gasteiger partial charge in [-0.05, 0) is 88.9 Å². The monoisotopic (exact) mass is 432 g/mol. The van der Waals surface area contributed by atoms with Crippen LogP contribution in [0.2, 0.25) is 0 Å². The number of esters is 2. The molecule has 1 aliphatic heterocycles. The summed E-state index contributed by atoms with van der Waals surface area (Å²) in [6.07, 6.45) is 8.85. The van der Waals surface area contributed by atoms with E-state index in [4.69, 9.17) is 9.47 Å². The lowest BCUT2D eigenvalue weighted by Crippen LogP contribution is -2.48. The summed E-state index contributed by atoms with van der Waals surface area (Å²) in [6, 6.07) is 0. The highest BCUT2D eigenvalue weighted by Crippen LogP contribution is 2.50. The summed E-state index contributed by atoms with van der Waals surface area (Å²) < 4.78 is 12.0. The number of ether oxygens (including phenoxy) is 2. The zero-order chi connectivity index (χ0) is 22.9. The van der Waals surface area contributed by atoms with Crippen LogP contribution in [0.5, 0.6) is 0 Å². The molecule has 1 saturated carbocycles. The molecule has 2 aliphatic carbocycles. The molecular formula is C27H44O4. The Balaban J connectivity index is 1.78. The van der Waals surface area contributed by atoms with Crippen molar-refractivity contribution in [3.8, 4) is 0 Å². The van der Waals surface area contributed by atoms with Gasteiger partial charge in [0.1, 0.15) is 12.2 Å². The molecule has 0 unspecified atom stereocenters.